The van der Waals surface area contributed by atoms with Crippen molar-refractivity contribution in [2.75, 3.05) is 5.32 Å². The SMILES string of the molecule is C#CCC(C)Nc1nccn(CC(C)C)c1=O. The highest BCUT2D eigenvalue weighted by Gasteiger charge is 2.08. The van der Waals surface area contributed by atoms with Crippen LogP contribution in [0.5, 0.6) is 0 Å². The van der Waals surface area contributed by atoms with Gasteiger partial charge in [-0.25, -0.2) is 4.98 Å². The van der Waals surface area contributed by atoms with Crippen molar-refractivity contribution in [1.82, 2.24) is 9.55 Å². The first-order valence-electron chi connectivity index (χ1n) is 5.80. The molecule has 1 unspecified atom stereocenters. The van der Waals surface area contributed by atoms with Crippen LogP contribution in [0.4, 0.5) is 5.82 Å². The van der Waals surface area contributed by atoms with E-state index in [2.05, 4.69) is 30.1 Å². The zero-order valence-corrected chi connectivity index (χ0v) is 10.6. The Morgan fingerprint density at radius 1 is 1.53 bits per heavy atom. The van der Waals surface area contributed by atoms with Crippen LogP contribution in [0.15, 0.2) is 17.2 Å². The van der Waals surface area contributed by atoms with Crippen LogP contribution in [-0.4, -0.2) is 15.6 Å². The van der Waals surface area contributed by atoms with Gasteiger partial charge in [0.1, 0.15) is 0 Å². The number of hydrogen-bond donors (Lipinski definition) is 1. The smallest absolute Gasteiger partial charge is 0.293 e. The molecule has 4 heteroatoms. The maximum atomic E-state index is 12.0. The van der Waals surface area contributed by atoms with Gasteiger partial charge in [-0.3, -0.25) is 4.79 Å². The summed E-state index contributed by atoms with van der Waals surface area (Å²) in [5.74, 6) is 3.35. The van der Waals surface area contributed by atoms with E-state index in [0.29, 0.717) is 24.7 Å². The first kappa shape index (κ1) is 13.3. The minimum Gasteiger partial charge on any atom is -0.362 e. The van der Waals surface area contributed by atoms with Crippen LogP contribution < -0.4 is 10.9 Å². The number of terminal acetylenes is 1. The van der Waals surface area contributed by atoms with Crippen molar-refractivity contribution >= 4 is 5.82 Å². The van der Waals surface area contributed by atoms with E-state index in [1.165, 1.54) is 0 Å². The van der Waals surface area contributed by atoms with E-state index in [-0.39, 0.29) is 11.6 Å². The number of aromatic nitrogens is 2. The molecule has 0 aliphatic heterocycles. The van der Waals surface area contributed by atoms with Crippen LogP contribution in [0.3, 0.4) is 0 Å². The van der Waals surface area contributed by atoms with Crippen molar-refractivity contribution in [3.05, 3.63) is 22.7 Å². The Kier molecular flexibility index (Phi) is 4.77. The number of rotatable bonds is 5. The molecule has 0 aromatic carbocycles. The summed E-state index contributed by atoms with van der Waals surface area (Å²) in [7, 11) is 0. The Bertz CT molecular complexity index is 456. The molecule has 1 aromatic rings. The van der Waals surface area contributed by atoms with Gasteiger partial charge in [0.2, 0.25) is 0 Å². The normalized spacial score (nSPS) is 12.2. The Morgan fingerprint density at radius 2 is 2.24 bits per heavy atom. The second-order valence-corrected chi connectivity index (χ2v) is 4.58. The van der Waals surface area contributed by atoms with Gasteiger partial charge in [0.25, 0.3) is 5.56 Å². The summed E-state index contributed by atoms with van der Waals surface area (Å²) >= 11 is 0. The van der Waals surface area contributed by atoms with Crippen molar-refractivity contribution < 1.29 is 0 Å². The summed E-state index contributed by atoms with van der Waals surface area (Å²) in [4.78, 5) is 16.1. The Hall–Kier alpha value is -1.76. The molecule has 0 bridgehead atoms. The molecular formula is C13H19N3O. The van der Waals surface area contributed by atoms with E-state index in [1.54, 1.807) is 17.0 Å². The van der Waals surface area contributed by atoms with Gasteiger partial charge in [0, 0.05) is 31.4 Å². The summed E-state index contributed by atoms with van der Waals surface area (Å²) in [6, 6.07) is 0.0510. The summed E-state index contributed by atoms with van der Waals surface area (Å²) in [6.07, 6.45) is 9.13. The molecule has 0 aliphatic carbocycles. The highest BCUT2D eigenvalue weighted by atomic mass is 16.1. The van der Waals surface area contributed by atoms with E-state index in [9.17, 15) is 4.79 Å². The van der Waals surface area contributed by atoms with Gasteiger partial charge in [0.05, 0.1) is 0 Å². The lowest BCUT2D eigenvalue weighted by Crippen LogP contribution is -2.28. The van der Waals surface area contributed by atoms with Crippen LogP contribution in [0.1, 0.15) is 27.2 Å². The minimum absolute atomic E-state index is 0.0510. The van der Waals surface area contributed by atoms with Crippen molar-refractivity contribution in [2.45, 2.75) is 39.8 Å². The molecule has 1 aromatic heterocycles. The third-order valence-electron chi connectivity index (χ3n) is 2.28. The topological polar surface area (TPSA) is 46.9 Å². The van der Waals surface area contributed by atoms with Gasteiger partial charge < -0.3 is 9.88 Å². The maximum absolute atomic E-state index is 12.0. The summed E-state index contributed by atoms with van der Waals surface area (Å²) in [5, 5.41) is 3.04. The predicted molar refractivity (Wildman–Crippen MR) is 69.9 cm³/mol. The number of nitrogens with one attached hydrogen (secondary N) is 1. The molecule has 17 heavy (non-hydrogen) atoms. The molecular weight excluding hydrogens is 214 g/mol. The summed E-state index contributed by atoms with van der Waals surface area (Å²) in [6.45, 7) is 6.77. The van der Waals surface area contributed by atoms with Crippen molar-refractivity contribution in [1.29, 1.82) is 0 Å². The van der Waals surface area contributed by atoms with Gasteiger partial charge in [-0.15, -0.1) is 12.3 Å². The third kappa shape index (κ3) is 3.95. The zero-order valence-electron chi connectivity index (χ0n) is 10.6. The van der Waals surface area contributed by atoms with Crippen LogP contribution in [0.25, 0.3) is 0 Å². The largest absolute Gasteiger partial charge is 0.362 e. The molecule has 1 rings (SSSR count). The maximum Gasteiger partial charge on any atom is 0.293 e. The lowest BCUT2D eigenvalue weighted by molar-refractivity contribution is 0.509. The Labute approximate surface area is 102 Å². The molecule has 1 atom stereocenters. The second-order valence-electron chi connectivity index (χ2n) is 4.58. The molecule has 0 saturated heterocycles. The highest BCUT2D eigenvalue weighted by molar-refractivity contribution is 5.32. The lowest BCUT2D eigenvalue weighted by Gasteiger charge is -2.13. The number of nitrogens with zero attached hydrogens (tertiary/aromatic N) is 2. The van der Waals surface area contributed by atoms with Gasteiger partial charge in [-0.2, -0.15) is 0 Å². The Balaban J connectivity index is 2.87. The molecule has 4 nitrogen and oxygen atoms in total. The zero-order chi connectivity index (χ0) is 12.8. The van der Waals surface area contributed by atoms with Gasteiger partial charge in [-0.05, 0) is 12.8 Å². The van der Waals surface area contributed by atoms with Crippen LogP contribution in [-0.2, 0) is 6.54 Å². The monoisotopic (exact) mass is 233 g/mol. The average molecular weight is 233 g/mol. The molecule has 92 valence electrons. The standard InChI is InChI=1S/C13H19N3O/c1-5-6-11(4)15-12-13(17)16(8-7-14-12)9-10(2)3/h1,7-8,10-11H,6,9H2,2-4H3,(H,14,15). The predicted octanol–water partition coefficient (Wildman–Crippen LogP) is 1.72. The number of anilines is 1. The first-order chi connectivity index (χ1) is 8.04. The quantitative estimate of drug-likeness (QED) is 0.788. The fourth-order valence-electron chi connectivity index (χ4n) is 1.54. The van der Waals surface area contributed by atoms with Gasteiger partial charge in [0.15, 0.2) is 5.82 Å². The molecule has 1 heterocycles. The van der Waals surface area contributed by atoms with E-state index < -0.39 is 0 Å². The van der Waals surface area contributed by atoms with E-state index in [0.717, 1.165) is 0 Å². The van der Waals surface area contributed by atoms with Gasteiger partial charge in [-0.1, -0.05) is 13.8 Å². The van der Waals surface area contributed by atoms with E-state index >= 15 is 0 Å². The first-order valence-corrected chi connectivity index (χ1v) is 5.80. The number of hydrogen-bond acceptors (Lipinski definition) is 3. The molecule has 0 radical (unpaired) electrons. The van der Waals surface area contributed by atoms with E-state index in [4.69, 9.17) is 6.42 Å². The molecule has 0 fully saturated rings. The van der Waals surface area contributed by atoms with Crippen LogP contribution >= 0.6 is 0 Å². The van der Waals surface area contributed by atoms with E-state index in [1.807, 2.05) is 6.92 Å². The minimum atomic E-state index is -0.0925. The second kappa shape index (κ2) is 6.09. The van der Waals surface area contributed by atoms with Crippen molar-refractivity contribution in [3.63, 3.8) is 0 Å². The van der Waals surface area contributed by atoms with Gasteiger partial charge >= 0.3 is 0 Å². The fraction of sp³-hybridized carbons (Fsp3) is 0.538. The molecule has 1 N–H and O–H groups in total. The lowest BCUT2D eigenvalue weighted by atomic mass is 10.2. The van der Waals surface area contributed by atoms with Crippen LogP contribution in [0, 0.1) is 18.3 Å². The molecule has 0 saturated carbocycles. The Morgan fingerprint density at radius 3 is 2.82 bits per heavy atom. The van der Waals surface area contributed by atoms with Crippen LogP contribution in [0.2, 0.25) is 0 Å². The molecule has 0 amide bonds. The molecule has 0 spiro atoms. The van der Waals surface area contributed by atoms with Crippen molar-refractivity contribution in [3.8, 4) is 12.3 Å². The summed E-state index contributed by atoms with van der Waals surface area (Å²) in [5.41, 5.74) is -0.0925. The summed E-state index contributed by atoms with van der Waals surface area (Å²) < 4.78 is 1.67. The van der Waals surface area contributed by atoms with Crippen molar-refractivity contribution in [2.24, 2.45) is 5.92 Å². The highest BCUT2D eigenvalue weighted by Crippen LogP contribution is 2.01. The average Bonchev–Trinajstić information content (AvgIpc) is 2.23. The third-order valence-corrected chi connectivity index (χ3v) is 2.28. The molecule has 0 aliphatic rings. The fourth-order valence-corrected chi connectivity index (χ4v) is 1.54.